The number of halogens is 1. The van der Waals surface area contributed by atoms with Crippen molar-refractivity contribution in [1.29, 1.82) is 0 Å². The molecule has 7 heteroatoms. The molecule has 0 amide bonds. The van der Waals surface area contributed by atoms with Gasteiger partial charge in [-0.05, 0) is 24.6 Å². The lowest BCUT2D eigenvalue weighted by molar-refractivity contribution is 0.0627. The van der Waals surface area contributed by atoms with Crippen LogP contribution in [0, 0.1) is 0 Å². The van der Waals surface area contributed by atoms with Gasteiger partial charge in [0, 0.05) is 18.1 Å². The summed E-state index contributed by atoms with van der Waals surface area (Å²) in [7, 11) is -2.00. The number of rotatable bonds is 7. The van der Waals surface area contributed by atoms with E-state index in [1.54, 1.807) is 31.2 Å². The van der Waals surface area contributed by atoms with Crippen LogP contribution < -0.4 is 4.72 Å². The standard InChI is InChI=1S/C12H18BrNO4S/c1-12(15,10-3-5-11(13)6-4-10)9-14-19(16,17)8-7-18-2/h3-6,14-15H,7-9H2,1-2H3. The van der Waals surface area contributed by atoms with E-state index in [4.69, 9.17) is 4.74 Å². The molecule has 0 aliphatic heterocycles. The highest BCUT2D eigenvalue weighted by atomic mass is 79.9. The summed E-state index contributed by atoms with van der Waals surface area (Å²) in [5.41, 5.74) is -0.619. The topological polar surface area (TPSA) is 75.6 Å². The monoisotopic (exact) mass is 351 g/mol. The van der Waals surface area contributed by atoms with Gasteiger partial charge < -0.3 is 9.84 Å². The molecule has 19 heavy (non-hydrogen) atoms. The van der Waals surface area contributed by atoms with E-state index in [-0.39, 0.29) is 18.9 Å². The molecule has 1 unspecified atom stereocenters. The van der Waals surface area contributed by atoms with Crippen molar-refractivity contribution in [3.63, 3.8) is 0 Å². The Morgan fingerprint density at radius 2 is 1.95 bits per heavy atom. The molecule has 0 bridgehead atoms. The highest BCUT2D eigenvalue weighted by Crippen LogP contribution is 2.22. The minimum Gasteiger partial charge on any atom is -0.384 e. The quantitative estimate of drug-likeness (QED) is 0.774. The van der Waals surface area contributed by atoms with Gasteiger partial charge in [-0.25, -0.2) is 13.1 Å². The zero-order valence-corrected chi connectivity index (χ0v) is 13.3. The van der Waals surface area contributed by atoms with E-state index >= 15 is 0 Å². The van der Waals surface area contributed by atoms with E-state index in [1.807, 2.05) is 0 Å². The number of aliphatic hydroxyl groups is 1. The molecule has 1 aromatic rings. The first-order chi connectivity index (χ1) is 8.77. The summed E-state index contributed by atoms with van der Waals surface area (Å²) >= 11 is 3.30. The summed E-state index contributed by atoms with van der Waals surface area (Å²) in [4.78, 5) is 0. The second-order valence-corrected chi connectivity index (χ2v) is 7.26. The van der Waals surface area contributed by atoms with E-state index < -0.39 is 15.6 Å². The van der Waals surface area contributed by atoms with Crippen molar-refractivity contribution in [2.75, 3.05) is 26.0 Å². The van der Waals surface area contributed by atoms with Crippen LogP contribution in [0.4, 0.5) is 0 Å². The predicted molar refractivity (Wildman–Crippen MR) is 77.4 cm³/mol. The number of sulfonamides is 1. The van der Waals surface area contributed by atoms with Crippen molar-refractivity contribution in [3.8, 4) is 0 Å². The number of hydrogen-bond acceptors (Lipinski definition) is 4. The molecule has 1 atom stereocenters. The molecule has 108 valence electrons. The van der Waals surface area contributed by atoms with Gasteiger partial charge >= 0.3 is 0 Å². The largest absolute Gasteiger partial charge is 0.384 e. The number of benzene rings is 1. The van der Waals surface area contributed by atoms with Crippen LogP contribution in [0.3, 0.4) is 0 Å². The van der Waals surface area contributed by atoms with Crippen LogP contribution in [-0.2, 0) is 20.4 Å². The van der Waals surface area contributed by atoms with Crippen molar-refractivity contribution in [3.05, 3.63) is 34.3 Å². The Morgan fingerprint density at radius 3 is 2.47 bits per heavy atom. The van der Waals surface area contributed by atoms with Crippen molar-refractivity contribution in [1.82, 2.24) is 4.72 Å². The lowest BCUT2D eigenvalue weighted by atomic mass is 9.97. The third kappa shape index (κ3) is 5.58. The molecule has 0 aromatic heterocycles. The first kappa shape index (κ1) is 16.6. The SMILES string of the molecule is COCCS(=O)(=O)NCC(C)(O)c1ccc(Br)cc1. The van der Waals surface area contributed by atoms with E-state index in [1.165, 1.54) is 7.11 Å². The molecular formula is C12H18BrNO4S. The van der Waals surface area contributed by atoms with Crippen LogP contribution in [0.25, 0.3) is 0 Å². The Kier molecular flexibility index (Phi) is 5.94. The first-order valence-corrected chi connectivity index (χ1v) is 8.16. The second-order valence-electron chi connectivity index (χ2n) is 4.41. The Hall–Kier alpha value is -0.470. The van der Waals surface area contributed by atoms with Gasteiger partial charge in [0.25, 0.3) is 0 Å². The summed E-state index contributed by atoms with van der Waals surface area (Å²) in [6.45, 7) is 1.60. The molecule has 5 nitrogen and oxygen atoms in total. The zero-order valence-electron chi connectivity index (χ0n) is 10.9. The van der Waals surface area contributed by atoms with Crippen LogP contribution in [0.5, 0.6) is 0 Å². The van der Waals surface area contributed by atoms with Crippen molar-refractivity contribution in [2.24, 2.45) is 0 Å². The maximum Gasteiger partial charge on any atom is 0.213 e. The Bertz CT molecular complexity index is 499. The van der Waals surface area contributed by atoms with Gasteiger partial charge in [0.15, 0.2) is 0 Å². The molecule has 0 heterocycles. The molecule has 2 N–H and O–H groups in total. The highest BCUT2D eigenvalue weighted by molar-refractivity contribution is 9.10. The summed E-state index contributed by atoms with van der Waals surface area (Å²) in [5, 5.41) is 10.3. The average molecular weight is 352 g/mol. The molecule has 1 rings (SSSR count). The van der Waals surface area contributed by atoms with Gasteiger partial charge in [0.1, 0.15) is 5.60 Å². The fourth-order valence-electron chi connectivity index (χ4n) is 1.43. The third-order valence-corrected chi connectivity index (χ3v) is 4.48. The maximum absolute atomic E-state index is 11.6. The van der Waals surface area contributed by atoms with E-state index in [9.17, 15) is 13.5 Å². The summed E-state index contributed by atoms with van der Waals surface area (Å²) < 4.78 is 31.2. The van der Waals surface area contributed by atoms with Crippen LogP contribution in [0.1, 0.15) is 12.5 Å². The average Bonchev–Trinajstić information content (AvgIpc) is 2.35. The van der Waals surface area contributed by atoms with E-state index in [0.717, 1.165) is 4.47 Å². The van der Waals surface area contributed by atoms with Gasteiger partial charge in [0.05, 0.1) is 12.4 Å². The highest BCUT2D eigenvalue weighted by Gasteiger charge is 2.25. The van der Waals surface area contributed by atoms with Crippen molar-refractivity contribution >= 4 is 26.0 Å². The molecule has 0 aliphatic carbocycles. The smallest absolute Gasteiger partial charge is 0.213 e. The van der Waals surface area contributed by atoms with Gasteiger partial charge in [-0.15, -0.1) is 0 Å². The lowest BCUT2D eigenvalue weighted by Crippen LogP contribution is -2.40. The third-order valence-electron chi connectivity index (χ3n) is 2.66. The first-order valence-electron chi connectivity index (χ1n) is 5.71. The van der Waals surface area contributed by atoms with Gasteiger partial charge in [-0.3, -0.25) is 0 Å². The van der Waals surface area contributed by atoms with Crippen LogP contribution in [0.2, 0.25) is 0 Å². The number of methoxy groups -OCH3 is 1. The van der Waals surface area contributed by atoms with E-state index in [0.29, 0.717) is 5.56 Å². The van der Waals surface area contributed by atoms with Crippen LogP contribution in [0.15, 0.2) is 28.7 Å². The molecule has 0 spiro atoms. The summed E-state index contributed by atoms with van der Waals surface area (Å²) in [5.74, 6) is -0.125. The van der Waals surface area contributed by atoms with Crippen LogP contribution in [-0.4, -0.2) is 39.5 Å². The summed E-state index contributed by atoms with van der Waals surface area (Å²) in [6.07, 6.45) is 0. The molecule has 1 aromatic carbocycles. The van der Waals surface area contributed by atoms with Gasteiger partial charge in [-0.1, -0.05) is 28.1 Å². The Morgan fingerprint density at radius 1 is 1.37 bits per heavy atom. The predicted octanol–water partition coefficient (Wildman–Crippen LogP) is 1.22. The molecule has 0 fully saturated rings. The number of ether oxygens (including phenoxy) is 1. The van der Waals surface area contributed by atoms with Gasteiger partial charge in [-0.2, -0.15) is 0 Å². The zero-order chi connectivity index (χ0) is 14.5. The fourth-order valence-corrected chi connectivity index (χ4v) is 2.72. The number of hydrogen-bond donors (Lipinski definition) is 2. The van der Waals surface area contributed by atoms with E-state index in [2.05, 4.69) is 20.7 Å². The van der Waals surface area contributed by atoms with Crippen molar-refractivity contribution < 1.29 is 18.3 Å². The summed E-state index contributed by atoms with van der Waals surface area (Å²) in [6, 6.07) is 7.08. The van der Waals surface area contributed by atoms with Crippen LogP contribution >= 0.6 is 15.9 Å². The van der Waals surface area contributed by atoms with Crippen molar-refractivity contribution in [2.45, 2.75) is 12.5 Å². The minimum absolute atomic E-state index is 0.0827. The fraction of sp³-hybridized carbons (Fsp3) is 0.500. The Balaban J connectivity index is 2.67. The molecule has 0 radical (unpaired) electrons. The lowest BCUT2D eigenvalue weighted by Gasteiger charge is -2.24. The maximum atomic E-state index is 11.6. The minimum atomic E-state index is -3.44. The molecular weight excluding hydrogens is 334 g/mol. The Labute approximate surface area is 122 Å². The molecule has 0 saturated heterocycles. The van der Waals surface area contributed by atoms with Gasteiger partial charge in [0.2, 0.25) is 10.0 Å². The normalized spacial score (nSPS) is 15.2. The number of nitrogens with one attached hydrogen (secondary N) is 1. The second kappa shape index (κ2) is 6.81. The molecule has 0 saturated carbocycles. The molecule has 0 aliphatic rings.